The molecule has 3 aromatic rings. The Bertz CT molecular complexity index is 1180. The van der Waals surface area contributed by atoms with Gasteiger partial charge in [0.15, 0.2) is 0 Å². The van der Waals surface area contributed by atoms with Crippen molar-refractivity contribution in [3.63, 3.8) is 0 Å². The van der Waals surface area contributed by atoms with E-state index in [-0.39, 0.29) is 30.2 Å². The van der Waals surface area contributed by atoms with Crippen LogP contribution in [0.5, 0.6) is 0 Å². The van der Waals surface area contributed by atoms with Crippen molar-refractivity contribution in [2.45, 2.75) is 70.1 Å². The molecule has 2 aromatic carbocycles. The molecule has 5 nitrogen and oxygen atoms in total. The fourth-order valence-electron chi connectivity index (χ4n) is 5.29. The van der Waals surface area contributed by atoms with E-state index in [4.69, 9.17) is 0 Å². The summed E-state index contributed by atoms with van der Waals surface area (Å²) in [7, 11) is 0. The largest absolute Gasteiger partial charge is 0.351 e. The number of fused-ring (bicyclic) bond motifs is 3. The van der Waals surface area contributed by atoms with Crippen molar-refractivity contribution >= 4 is 22.7 Å². The highest BCUT2D eigenvalue weighted by molar-refractivity contribution is 6.03. The maximum absolute atomic E-state index is 13.8. The van der Waals surface area contributed by atoms with Gasteiger partial charge in [0.25, 0.3) is 5.91 Å². The van der Waals surface area contributed by atoms with Crippen LogP contribution < -0.4 is 5.32 Å². The van der Waals surface area contributed by atoms with Crippen molar-refractivity contribution in [3.05, 3.63) is 71.7 Å². The van der Waals surface area contributed by atoms with Crippen molar-refractivity contribution in [3.8, 4) is 0 Å². The minimum Gasteiger partial charge on any atom is -0.351 e. The highest BCUT2D eigenvalue weighted by atomic mass is 19.1. The number of halogens is 1. The SMILES string of the molecule is CC1(C(=O)NC2CCCCCC2)Cn2c(cc3ccccc32)C(=O)N1Cc1ccc(F)cc1. The summed E-state index contributed by atoms with van der Waals surface area (Å²) in [4.78, 5) is 29.2. The maximum atomic E-state index is 13.8. The van der Waals surface area contributed by atoms with E-state index in [1.165, 1.54) is 25.0 Å². The topological polar surface area (TPSA) is 54.3 Å². The molecule has 2 aliphatic rings. The molecule has 2 heterocycles. The molecule has 2 amide bonds. The Morgan fingerprint density at radius 2 is 1.76 bits per heavy atom. The number of amides is 2. The molecule has 1 N–H and O–H groups in total. The molecule has 6 heteroatoms. The smallest absolute Gasteiger partial charge is 0.271 e. The number of carbonyl (C=O) groups excluding carboxylic acids is 2. The number of hydrogen-bond donors (Lipinski definition) is 1. The molecule has 1 fully saturated rings. The molecule has 33 heavy (non-hydrogen) atoms. The standard InChI is InChI=1S/C27H30FN3O2/c1-27(26(33)29-22-9-4-2-3-5-10-22)18-30-23-11-7-6-8-20(23)16-24(30)25(32)31(27)17-19-12-14-21(28)15-13-19/h6-8,11-16,22H,2-5,9-10,17-18H2,1H3,(H,29,33). The fraction of sp³-hybridized carbons (Fsp3) is 0.407. The Balaban J connectivity index is 1.53. The van der Waals surface area contributed by atoms with Gasteiger partial charge in [0.1, 0.15) is 17.1 Å². The van der Waals surface area contributed by atoms with Gasteiger partial charge in [-0.05, 0) is 49.6 Å². The molecular weight excluding hydrogens is 417 g/mol. The zero-order chi connectivity index (χ0) is 23.0. The van der Waals surface area contributed by atoms with Crippen LogP contribution in [-0.4, -0.2) is 32.9 Å². The molecule has 1 atom stereocenters. The summed E-state index contributed by atoms with van der Waals surface area (Å²) >= 11 is 0. The predicted molar refractivity (Wildman–Crippen MR) is 126 cm³/mol. The van der Waals surface area contributed by atoms with Crippen molar-refractivity contribution < 1.29 is 14.0 Å². The second-order valence-corrected chi connectivity index (χ2v) is 9.63. The minimum absolute atomic E-state index is 0.117. The van der Waals surface area contributed by atoms with Crippen LogP contribution in [-0.2, 0) is 17.9 Å². The highest BCUT2D eigenvalue weighted by Crippen LogP contribution is 2.34. The Kier molecular flexibility index (Phi) is 5.69. The molecule has 172 valence electrons. The summed E-state index contributed by atoms with van der Waals surface area (Å²) < 4.78 is 15.5. The number of aromatic nitrogens is 1. The normalized spacial score (nSPS) is 21.6. The third-order valence-corrected chi connectivity index (χ3v) is 7.27. The number of benzene rings is 2. The molecule has 1 aromatic heterocycles. The van der Waals surface area contributed by atoms with Crippen LogP contribution in [0.25, 0.3) is 10.9 Å². The van der Waals surface area contributed by atoms with Gasteiger partial charge in [-0.25, -0.2) is 4.39 Å². The minimum atomic E-state index is -1.06. The van der Waals surface area contributed by atoms with Gasteiger partial charge in [-0.3, -0.25) is 9.59 Å². The van der Waals surface area contributed by atoms with Gasteiger partial charge in [0.2, 0.25) is 5.91 Å². The Labute approximate surface area is 193 Å². The van der Waals surface area contributed by atoms with Gasteiger partial charge in [0.05, 0.1) is 6.54 Å². The van der Waals surface area contributed by atoms with E-state index in [1.54, 1.807) is 17.0 Å². The van der Waals surface area contributed by atoms with E-state index in [0.29, 0.717) is 12.2 Å². The average Bonchev–Trinajstić information content (AvgIpc) is 2.98. The lowest BCUT2D eigenvalue weighted by Crippen LogP contribution is -2.64. The predicted octanol–water partition coefficient (Wildman–Crippen LogP) is 5.03. The van der Waals surface area contributed by atoms with E-state index in [0.717, 1.165) is 42.1 Å². The number of nitrogens with one attached hydrogen (secondary N) is 1. The summed E-state index contributed by atoms with van der Waals surface area (Å²) in [6.45, 7) is 2.48. The quantitative estimate of drug-likeness (QED) is 0.570. The lowest BCUT2D eigenvalue weighted by atomic mass is 9.93. The van der Waals surface area contributed by atoms with Crippen LogP contribution in [0, 0.1) is 5.82 Å². The van der Waals surface area contributed by atoms with Crippen LogP contribution in [0.3, 0.4) is 0 Å². The zero-order valence-electron chi connectivity index (χ0n) is 19.0. The third kappa shape index (κ3) is 4.03. The van der Waals surface area contributed by atoms with Crippen LogP contribution >= 0.6 is 0 Å². The lowest BCUT2D eigenvalue weighted by Gasteiger charge is -2.44. The van der Waals surface area contributed by atoms with E-state index >= 15 is 0 Å². The van der Waals surface area contributed by atoms with Crippen LogP contribution in [0.4, 0.5) is 4.39 Å². The van der Waals surface area contributed by atoms with E-state index in [2.05, 4.69) is 5.32 Å². The summed E-state index contributed by atoms with van der Waals surface area (Å²) in [5.41, 5.74) is 1.27. The molecule has 1 aliphatic heterocycles. The summed E-state index contributed by atoms with van der Waals surface area (Å²) in [5.74, 6) is -0.619. The second kappa shape index (κ2) is 8.65. The lowest BCUT2D eigenvalue weighted by molar-refractivity contribution is -0.134. The van der Waals surface area contributed by atoms with E-state index in [1.807, 2.05) is 41.8 Å². The average molecular weight is 448 g/mol. The van der Waals surface area contributed by atoms with Gasteiger partial charge < -0.3 is 14.8 Å². The van der Waals surface area contributed by atoms with Crippen molar-refractivity contribution in [1.29, 1.82) is 0 Å². The maximum Gasteiger partial charge on any atom is 0.271 e. The van der Waals surface area contributed by atoms with Crippen molar-refractivity contribution in [2.24, 2.45) is 0 Å². The molecular formula is C27H30FN3O2. The first kappa shape index (κ1) is 21.7. The van der Waals surface area contributed by atoms with Crippen LogP contribution in [0.15, 0.2) is 54.6 Å². The first-order chi connectivity index (χ1) is 16.0. The third-order valence-electron chi connectivity index (χ3n) is 7.27. The number of rotatable bonds is 4. The molecule has 0 radical (unpaired) electrons. The Morgan fingerprint density at radius 1 is 1.06 bits per heavy atom. The van der Waals surface area contributed by atoms with Crippen molar-refractivity contribution in [1.82, 2.24) is 14.8 Å². The molecule has 1 unspecified atom stereocenters. The number of carbonyl (C=O) groups is 2. The second-order valence-electron chi connectivity index (χ2n) is 9.63. The Hall–Kier alpha value is -3.15. The first-order valence-corrected chi connectivity index (χ1v) is 11.9. The van der Waals surface area contributed by atoms with Gasteiger partial charge in [-0.1, -0.05) is 56.0 Å². The number of hydrogen-bond acceptors (Lipinski definition) is 2. The van der Waals surface area contributed by atoms with E-state index < -0.39 is 5.54 Å². The number of para-hydroxylation sites is 1. The molecule has 0 bridgehead atoms. The first-order valence-electron chi connectivity index (χ1n) is 11.9. The molecule has 5 rings (SSSR count). The molecule has 0 saturated heterocycles. The number of nitrogens with zero attached hydrogens (tertiary/aromatic N) is 2. The van der Waals surface area contributed by atoms with E-state index in [9.17, 15) is 14.0 Å². The highest BCUT2D eigenvalue weighted by Gasteiger charge is 2.48. The van der Waals surface area contributed by atoms with Gasteiger partial charge >= 0.3 is 0 Å². The summed E-state index contributed by atoms with van der Waals surface area (Å²) in [5, 5.41) is 4.26. The Morgan fingerprint density at radius 3 is 2.48 bits per heavy atom. The molecule has 1 aliphatic carbocycles. The summed E-state index contributed by atoms with van der Waals surface area (Å²) in [6.07, 6.45) is 6.60. The zero-order valence-corrected chi connectivity index (χ0v) is 19.0. The van der Waals surface area contributed by atoms with Gasteiger partial charge in [-0.2, -0.15) is 0 Å². The van der Waals surface area contributed by atoms with Gasteiger partial charge in [0, 0.05) is 23.5 Å². The van der Waals surface area contributed by atoms with Crippen LogP contribution in [0.2, 0.25) is 0 Å². The monoisotopic (exact) mass is 447 g/mol. The van der Waals surface area contributed by atoms with Crippen LogP contribution in [0.1, 0.15) is 61.5 Å². The van der Waals surface area contributed by atoms with Crippen molar-refractivity contribution in [2.75, 3.05) is 0 Å². The molecule has 0 spiro atoms. The fourth-order valence-corrected chi connectivity index (χ4v) is 5.29. The van der Waals surface area contributed by atoms with Gasteiger partial charge in [-0.15, -0.1) is 0 Å². The molecule has 1 saturated carbocycles. The summed E-state index contributed by atoms with van der Waals surface area (Å²) in [6, 6.07) is 16.1.